The Labute approximate surface area is 231 Å². The fourth-order valence-corrected chi connectivity index (χ4v) is 6.59. The Balaban J connectivity index is 1.15. The predicted octanol–water partition coefficient (Wildman–Crippen LogP) is 3.73. The molecule has 6 rings (SSSR count). The maximum Gasteiger partial charge on any atom is 0.225 e. The first-order valence-electron chi connectivity index (χ1n) is 14.5. The summed E-state index contributed by atoms with van der Waals surface area (Å²) in [4.78, 5) is 20.0. The number of hydrogen-bond donors (Lipinski definition) is 1. The number of nitrogens with zero attached hydrogens (tertiary/aromatic N) is 5. The standard InChI is InChI=1S/C31H42N6O2/c1-22(2)36-20-31(21-36,39-3)26-8-4-23(5-9-26)25-18-29-28(12-13-33-37(29)19-25)34-14-16-35(17-15-34)30(38)24-6-10-27(32)11-7-24/h4-5,8-9,12-13,18-19,22,24,27H,6-7,10-11,14-17,20-21,32H2,1-3H3. The van der Waals surface area contributed by atoms with Gasteiger partial charge in [0.05, 0.1) is 11.2 Å². The molecule has 2 N–H and O–H groups in total. The van der Waals surface area contributed by atoms with Crippen molar-refractivity contribution in [1.82, 2.24) is 19.4 Å². The smallest absolute Gasteiger partial charge is 0.225 e. The van der Waals surface area contributed by atoms with E-state index >= 15 is 0 Å². The molecule has 1 aromatic carbocycles. The van der Waals surface area contributed by atoms with E-state index in [1.807, 2.05) is 17.8 Å². The second-order valence-corrected chi connectivity index (χ2v) is 12.0. The number of nitrogens with two attached hydrogens (primary N) is 1. The Morgan fingerprint density at radius 2 is 1.69 bits per heavy atom. The van der Waals surface area contributed by atoms with Crippen molar-refractivity contribution in [3.8, 4) is 11.1 Å². The third-order valence-corrected chi connectivity index (χ3v) is 9.32. The number of amides is 1. The van der Waals surface area contributed by atoms with Gasteiger partial charge in [0.1, 0.15) is 5.60 Å². The topological polar surface area (TPSA) is 79.3 Å². The third kappa shape index (κ3) is 4.94. The first-order chi connectivity index (χ1) is 18.9. The van der Waals surface area contributed by atoms with E-state index in [4.69, 9.17) is 10.5 Å². The molecule has 0 bridgehead atoms. The molecule has 2 aliphatic heterocycles. The average Bonchev–Trinajstić information content (AvgIpc) is 3.38. The minimum atomic E-state index is -0.212. The van der Waals surface area contributed by atoms with Gasteiger partial charge in [-0.1, -0.05) is 24.3 Å². The van der Waals surface area contributed by atoms with Gasteiger partial charge < -0.3 is 20.3 Å². The van der Waals surface area contributed by atoms with Gasteiger partial charge in [-0.25, -0.2) is 4.52 Å². The van der Waals surface area contributed by atoms with Crippen LogP contribution in [0.2, 0.25) is 0 Å². The summed E-state index contributed by atoms with van der Waals surface area (Å²) < 4.78 is 7.96. The maximum absolute atomic E-state index is 13.1. The van der Waals surface area contributed by atoms with E-state index in [-0.39, 0.29) is 17.6 Å². The Hall–Kier alpha value is -2.94. The molecule has 3 aromatic rings. The molecular formula is C31H42N6O2. The quantitative estimate of drug-likeness (QED) is 0.523. The number of piperazine rings is 1. The van der Waals surface area contributed by atoms with Crippen LogP contribution in [0.5, 0.6) is 0 Å². The lowest BCUT2D eigenvalue weighted by Gasteiger charge is -2.51. The molecule has 2 aromatic heterocycles. The molecule has 0 radical (unpaired) electrons. The lowest BCUT2D eigenvalue weighted by molar-refractivity contribution is -0.141. The van der Waals surface area contributed by atoms with Crippen molar-refractivity contribution in [3.05, 3.63) is 54.4 Å². The van der Waals surface area contributed by atoms with E-state index in [0.717, 1.165) is 76.0 Å². The number of fused-ring (bicyclic) bond motifs is 1. The summed E-state index contributed by atoms with van der Waals surface area (Å²) in [6.07, 6.45) is 7.78. The number of anilines is 1. The highest BCUT2D eigenvalue weighted by molar-refractivity contribution is 5.81. The lowest BCUT2D eigenvalue weighted by Crippen LogP contribution is -2.62. The molecule has 0 unspecified atom stereocenters. The van der Waals surface area contributed by atoms with Gasteiger partial charge in [-0.2, -0.15) is 5.10 Å². The van der Waals surface area contributed by atoms with E-state index in [0.29, 0.717) is 11.9 Å². The van der Waals surface area contributed by atoms with Crippen molar-refractivity contribution in [2.45, 2.75) is 57.2 Å². The molecule has 0 atom stereocenters. The summed E-state index contributed by atoms with van der Waals surface area (Å²) in [6, 6.07) is 14.0. The van der Waals surface area contributed by atoms with Gasteiger partial charge in [-0.15, -0.1) is 0 Å². The average molecular weight is 531 g/mol. The zero-order chi connectivity index (χ0) is 27.1. The van der Waals surface area contributed by atoms with E-state index in [1.165, 1.54) is 16.8 Å². The number of methoxy groups -OCH3 is 1. The van der Waals surface area contributed by atoms with Crippen LogP contribution in [0, 0.1) is 5.92 Å². The minimum Gasteiger partial charge on any atom is -0.371 e. The number of carbonyl (C=O) groups is 1. The van der Waals surface area contributed by atoms with Gasteiger partial charge in [0, 0.05) is 82.3 Å². The van der Waals surface area contributed by atoms with E-state index < -0.39 is 0 Å². The van der Waals surface area contributed by atoms with Gasteiger partial charge in [0.25, 0.3) is 0 Å². The largest absolute Gasteiger partial charge is 0.371 e. The number of hydrogen-bond acceptors (Lipinski definition) is 6. The molecule has 8 nitrogen and oxygen atoms in total. The van der Waals surface area contributed by atoms with Crippen molar-refractivity contribution in [1.29, 1.82) is 0 Å². The third-order valence-electron chi connectivity index (χ3n) is 9.32. The second kappa shape index (κ2) is 10.6. The molecule has 4 heterocycles. The molecule has 3 aliphatic rings. The van der Waals surface area contributed by atoms with Crippen molar-refractivity contribution < 1.29 is 9.53 Å². The predicted molar refractivity (Wildman–Crippen MR) is 155 cm³/mol. The summed E-state index contributed by atoms with van der Waals surface area (Å²) in [5.74, 6) is 0.477. The van der Waals surface area contributed by atoms with Crippen LogP contribution >= 0.6 is 0 Å². The molecule has 39 heavy (non-hydrogen) atoms. The van der Waals surface area contributed by atoms with Gasteiger partial charge in [-0.05, 0) is 62.8 Å². The molecule has 8 heteroatoms. The first-order valence-corrected chi connectivity index (χ1v) is 14.5. The zero-order valence-electron chi connectivity index (χ0n) is 23.6. The summed E-state index contributed by atoms with van der Waals surface area (Å²) in [7, 11) is 1.82. The van der Waals surface area contributed by atoms with Crippen molar-refractivity contribution in [2.75, 3.05) is 51.3 Å². The molecule has 208 valence electrons. The summed E-state index contributed by atoms with van der Waals surface area (Å²) >= 11 is 0. The Morgan fingerprint density at radius 3 is 2.33 bits per heavy atom. The highest BCUT2D eigenvalue weighted by atomic mass is 16.5. The monoisotopic (exact) mass is 530 g/mol. The Kier molecular flexibility index (Phi) is 7.12. The number of likely N-dealkylation sites (tertiary alicyclic amines) is 1. The molecule has 1 saturated carbocycles. The van der Waals surface area contributed by atoms with Crippen LogP contribution in [0.25, 0.3) is 16.6 Å². The minimum absolute atomic E-state index is 0.153. The highest BCUT2D eigenvalue weighted by Crippen LogP contribution is 2.38. The fourth-order valence-electron chi connectivity index (χ4n) is 6.59. The zero-order valence-corrected chi connectivity index (χ0v) is 23.6. The molecule has 1 aliphatic carbocycles. The molecule has 1 amide bonds. The molecule has 2 saturated heterocycles. The maximum atomic E-state index is 13.1. The van der Waals surface area contributed by atoms with Crippen molar-refractivity contribution >= 4 is 17.1 Å². The van der Waals surface area contributed by atoms with E-state index in [1.54, 1.807) is 0 Å². The first kappa shape index (κ1) is 26.3. The van der Waals surface area contributed by atoms with E-state index in [9.17, 15) is 4.79 Å². The molecule has 0 spiro atoms. The lowest BCUT2D eigenvalue weighted by atomic mass is 9.84. The van der Waals surface area contributed by atoms with Crippen molar-refractivity contribution in [2.24, 2.45) is 11.7 Å². The van der Waals surface area contributed by atoms with Crippen LogP contribution in [0.15, 0.2) is 48.8 Å². The SMILES string of the molecule is COC1(c2ccc(-c3cc4c(N5CCN(C(=O)C6CCC(N)CC6)CC5)ccnn4c3)cc2)CN(C(C)C)C1. The van der Waals surface area contributed by atoms with Gasteiger partial charge in [0.2, 0.25) is 5.91 Å². The molecule has 3 fully saturated rings. The van der Waals surface area contributed by atoms with Crippen LogP contribution in [-0.4, -0.2) is 83.8 Å². The summed E-state index contributed by atoms with van der Waals surface area (Å²) in [6.45, 7) is 9.51. The van der Waals surface area contributed by atoms with Crippen LogP contribution in [0.4, 0.5) is 5.69 Å². The number of carbonyl (C=O) groups excluding carboxylic acids is 1. The normalized spacial score (nSPS) is 23.8. The Bertz CT molecular complexity index is 1300. The number of rotatable bonds is 6. The van der Waals surface area contributed by atoms with Gasteiger partial charge >= 0.3 is 0 Å². The van der Waals surface area contributed by atoms with Crippen molar-refractivity contribution in [3.63, 3.8) is 0 Å². The van der Waals surface area contributed by atoms with E-state index in [2.05, 4.69) is 76.2 Å². The molecular weight excluding hydrogens is 488 g/mol. The Morgan fingerprint density at radius 1 is 1.00 bits per heavy atom. The van der Waals surface area contributed by atoms with Crippen LogP contribution < -0.4 is 10.6 Å². The second-order valence-electron chi connectivity index (χ2n) is 12.0. The number of ether oxygens (including phenoxy) is 1. The van der Waals surface area contributed by atoms with Gasteiger partial charge in [0.15, 0.2) is 0 Å². The van der Waals surface area contributed by atoms with Crippen LogP contribution in [-0.2, 0) is 15.1 Å². The van der Waals surface area contributed by atoms with Crippen LogP contribution in [0.1, 0.15) is 45.1 Å². The van der Waals surface area contributed by atoms with Crippen LogP contribution in [0.3, 0.4) is 0 Å². The number of aromatic nitrogens is 2. The number of benzene rings is 1. The fraction of sp³-hybridized carbons (Fsp3) is 0.548. The summed E-state index contributed by atoms with van der Waals surface area (Å²) in [5.41, 5.74) is 11.7. The van der Waals surface area contributed by atoms with Gasteiger partial charge in [-0.3, -0.25) is 9.69 Å². The highest BCUT2D eigenvalue weighted by Gasteiger charge is 2.45. The summed E-state index contributed by atoms with van der Waals surface area (Å²) in [5, 5.41) is 4.60.